The molecule has 0 aromatic heterocycles. The van der Waals surface area contributed by atoms with Crippen LogP contribution in [-0.2, 0) is 9.53 Å². The topological polar surface area (TPSA) is 66.8 Å². The second-order valence-electron chi connectivity index (χ2n) is 4.43. The van der Waals surface area contributed by atoms with Gasteiger partial charge in [0, 0.05) is 6.42 Å². The predicted octanol–water partition coefficient (Wildman–Crippen LogP) is -0.525. The number of rotatable bonds is 0. The highest BCUT2D eigenvalue weighted by molar-refractivity contribution is 5.86. The number of carbonyl (C=O) groups excluding carboxylic acids is 1. The van der Waals surface area contributed by atoms with Gasteiger partial charge in [0.05, 0.1) is 17.6 Å². The Morgan fingerprint density at radius 1 is 1.38 bits per heavy atom. The van der Waals surface area contributed by atoms with Crippen LogP contribution in [0.5, 0.6) is 0 Å². The second kappa shape index (κ2) is 2.53. The van der Waals surface area contributed by atoms with Gasteiger partial charge in [-0.15, -0.1) is 0 Å². The summed E-state index contributed by atoms with van der Waals surface area (Å²) < 4.78 is 5.39. The molecule has 4 atom stereocenters. The maximum atomic E-state index is 11.6. The summed E-state index contributed by atoms with van der Waals surface area (Å²) >= 11 is 0. The molecule has 2 aliphatic rings. The molecule has 2 N–H and O–H groups in total. The summed E-state index contributed by atoms with van der Waals surface area (Å²) in [5, 5.41) is 19.1. The van der Waals surface area contributed by atoms with Crippen LogP contribution in [0.15, 0.2) is 0 Å². The quantitative estimate of drug-likeness (QED) is 0.534. The van der Waals surface area contributed by atoms with Crippen molar-refractivity contribution in [2.75, 3.05) is 0 Å². The van der Waals surface area contributed by atoms with Gasteiger partial charge in [-0.3, -0.25) is 4.79 Å². The van der Waals surface area contributed by atoms with E-state index in [2.05, 4.69) is 0 Å². The number of Topliss-reactive ketones (excluding diaryl/α,β-unsaturated/α-hetero) is 1. The van der Waals surface area contributed by atoms with Crippen molar-refractivity contribution < 1.29 is 19.7 Å². The Hall–Kier alpha value is -0.450. The van der Waals surface area contributed by atoms with Crippen LogP contribution in [0.1, 0.15) is 20.3 Å². The Labute approximate surface area is 76.5 Å². The van der Waals surface area contributed by atoms with Crippen molar-refractivity contribution in [3.05, 3.63) is 0 Å². The van der Waals surface area contributed by atoms with Gasteiger partial charge in [0.25, 0.3) is 0 Å². The maximum Gasteiger partial charge on any atom is 0.143 e. The molecule has 2 rings (SSSR count). The zero-order chi connectivity index (χ0) is 9.80. The van der Waals surface area contributed by atoms with Gasteiger partial charge in [0.2, 0.25) is 0 Å². The molecule has 2 bridgehead atoms. The SMILES string of the molecule is CC1(C)C(=O)CC2OC1C(O)C2O. The van der Waals surface area contributed by atoms with Gasteiger partial charge in [-0.05, 0) is 0 Å². The largest absolute Gasteiger partial charge is 0.388 e. The highest BCUT2D eigenvalue weighted by atomic mass is 16.5. The van der Waals surface area contributed by atoms with Crippen LogP contribution in [0, 0.1) is 5.41 Å². The van der Waals surface area contributed by atoms with Crippen molar-refractivity contribution in [3.8, 4) is 0 Å². The van der Waals surface area contributed by atoms with E-state index in [4.69, 9.17) is 4.74 Å². The van der Waals surface area contributed by atoms with E-state index in [0.717, 1.165) is 0 Å². The molecule has 74 valence electrons. The number of carbonyl (C=O) groups is 1. The summed E-state index contributed by atoms with van der Waals surface area (Å²) in [5.74, 6) is 0.0596. The summed E-state index contributed by atoms with van der Waals surface area (Å²) in [7, 11) is 0. The fourth-order valence-corrected chi connectivity index (χ4v) is 2.12. The average Bonchev–Trinajstić information content (AvgIpc) is 2.29. The van der Waals surface area contributed by atoms with E-state index in [1.165, 1.54) is 0 Å². The van der Waals surface area contributed by atoms with Crippen LogP contribution in [0.25, 0.3) is 0 Å². The summed E-state index contributed by atoms with van der Waals surface area (Å²) in [6.45, 7) is 3.50. The average molecular weight is 186 g/mol. The Morgan fingerprint density at radius 2 is 2.00 bits per heavy atom. The molecule has 0 aliphatic carbocycles. The van der Waals surface area contributed by atoms with E-state index in [-0.39, 0.29) is 12.2 Å². The highest BCUT2D eigenvalue weighted by Crippen LogP contribution is 2.42. The highest BCUT2D eigenvalue weighted by Gasteiger charge is 2.56. The van der Waals surface area contributed by atoms with Crippen LogP contribution in [0.3, 0.4) is 0 Å². The van der Waals surface area contributed by atoms with E-state index in [9.17, 15) is 15.0 Å². The second-order valence-corrected chi connectivity index (χ2v) is 4.43. The summed E-state index contributed by atoms with van der Waals surface area (Å²) in [6.07, 6.45) is -2.67. The predicted molar refractivity (Wildman–Crippen MR) is 44.1 cm³/mol. The number of ether oxygens (including phenoxy) is 1. The number of ketones is 1. The van der Waals surface area contributed by atoms with Crippen LogP contribution < -0.4 is 0 Å². The van der Waals surface area contributed by atoms with E-state index >= 15 is 0 Å². The van der Waals surface area contributed by atoms with Crippen molar-refractivity contribution in [2.45, 2.75) is 44.7 Å². The van der Waals surface area contributed by atoms with Crippen molar-refractivity contribution in [3.63, 3.8) is 0 Å². The third-order valence-electron chi connectivity index (χ3n) is 3.18. The van der Waals surface area contributed by atoms with Crippen LogP contribution in [0.4, 0.5) is 0 Å². The van der Waals surface area contributed by atoms with Gasteiger partial charge in [0.15, 0.2) is 0 Å². The van der Waals surface area contributed by atoms with Crippen molar-refractivity contribution in [2.24, 2.45) is 5.41 Å². The zero-order valence-corrected chi connectivity index (χ0v) is 7.73. The van der Waals surface area contributed by atoms with Gasteiger partial charge in [-0.2, -0.15) is 0 Å². The molecule has 13 heavy (non-hydrogen) atoms. The first kappa shape index (κ1) is 9.12. The smallest absolute Gasteiger partial charge is 0.143 e. The van der Waals surface area contributed by atoms with Crippen LogP contribution in [0.2, 0.25) is 0 Å². The van der Waals surface area contributed by atoms with Gasteiger partial charge >= 0.3 is 0 Å². The molecule has 4 heteroatoms. The van der Waals surface area contributed by atoms with Crippen molar-refractivity contribution in [1.29, 1.82) is 0 Å². The molecule has 4 unspecified atom stereocenters. The molecule has 2 aliphatic heterocycles. The normalized spacial score (nSPS) is 48.2. The lowest BCUT2D eigenvalue weighted by Gasteiger charge is -2.34. The van der Waals surface area contributed by atoms with E-state index in [0.29, 0.717) is 0 Å². The number of fused-ring (bicyclic) bond motifs is 2. The summed E-state index contributed by atoms with van der Waals surface area (Å²) in [5.41, 5.74) is -0.673. The molecule has 0 amide bonds. The monoisotopic (exact) mass is 186 g/mol. The Bertz CT molecular complexity index is 248. The maximum absolute atomic E-state index is 11.6. The number of aliphatic hydroxyl groups excluding tert-OH is 2. The molecular formula is C9H14O4. The van der Waals surface area contributed by atoms with Gasteiger partial charge in [-0.25, -0.2) is 0 Å². The molecule has 0 aromatic rings. The first-order valence-electron chi connectivity index (χ1n) is 4.49. The Kier molecular flexibility index (Phi) is 1.77. The molecule has 0 radical (unpaired) electrons. The first-order chi connectivity index (χ1) is 5.94. The fraction of sp³-hybridized carbons (Fsp3) is 0.889. The zero-order valence-electron chi connectivity index (χ0n) is 7.73. The van der Waals surface area contributed by atoms with E-state index in [1.54, 1.807) is 13.8 Å². The Balaban J connectivity index is 2.34. The van der Waals surface area contributed by atoms with E-state index in [1.807, 2.05) is 0 Å². The number of aliphatic hydroxyl groups is 2. The minimum atomic E-state index is -0.925. The van der Waals surface area contributed by atoms with Gasteiger partial charge in [-0.1, -0.05) is 13.8 Å². The molecular weight excluding hydrogens is 172 g/mol. The van der Waals surface area contributed by atoms with Crippen molar-refractivity contribution in [1.82, 2.24) is 0 Å². The molecule has 2 saturated heterocycles. The van der Waals surface area contributed by atoms with Crippen molar-refractivity contribution >= 4 is 5.78 Å². The lowest BCUT2D eigenvalue weighted by atomic mass is 9.79. The molecule has 0 aromatic carbocycles. The summed E-state index contributed by atoms with van der Waals surface area (Å²) in [4.78, 5) is 11.6. The third-order valence-corrected chi connectivity index (χ3v) is 3.18. The number of hydrogen-bond donors (Lipinski definition) is 2. The lowest BCUT2D eigenvalue weighted by Crippen LogP contribution is -2.46. The standard InChI is InChI=1S/C9H14O4/c1-9(2)5(10)3-4-6(11)7(12)8(9)13-4/h4,6-8,11-12H,3H2,1-2H3. The van der Waals surface area contributed by atoms with Crippen LogP contribution >= 0.6 is 0 Å². The molecule has 2 heterocycles. The molecule has 0 saturated carbocycles. The molecule has 2 fully saturated rings. The fourth-order valence-electron chi connectivity index (χ4n) is 2.12. The molecule has 4 nitrogen and oxygen atoms in total. The van der Waals surface area contributed by atoms with Crippen LogP contribution in [-0.4, -0.2) is 40.4 Å². The minimum absolute atomic E-state index is 0.0596. The van der Waals surface area contributed by atoms with E-state index < -0.39 is 29.8 Å². The third kappa shape index (κ3) is 1.06. The lowest BCUT2D eigenvalue weighted by molar-refractivity contribution is -0.153. The Morgan fingerprint density at radius 3 is 2.62 bits per heavy atom. The molecule has 0 spiro atoms. The van der Waals surface area contributed by atoms with Gasteiger partial charge in [0.1, 0.15) is 18.0 Å². The van der Waals surface area contributed by atoms with Gasteiger partial charge < -0.3 is 14.9 Å². The summed E-state index contributed by atoms with van der Waals surface area (Å²) in [6, 6.07) is 0. The number of hydrogen-bond acceptors (Lipinski definition) is 4. The first-order valence-corrected chi connectivity index (χ1v) is 4.49. The minimum Gasteiger partial charge on any atom is -0.388 e.